The number of nitrogens with one attached hydrogen (secondary N) is 1. The molecule has 0 bridgehead atoms. The van der Waals surface area contributed by atoms with E-state index >= 15 is 0 Å². The van der Waals surface area contributed by atoms with Gasteiger partial charge in [-0.05, 0) is 6.92 Å². The highest BCUT2D eigenvalue weighted by molar-refractivity contribution is 5.36. The smallest absolute Gasteiger partial charge is 0.158 e. The molecule has 4 nitrogen and oxygen atoms in total. The van der Waals surface area contributed by atoms with E-state index in [2.05, 4.69) is 21.2 Å². The quantitative estimate of drug-likeness (QED) is 0.670. The van der Waals surface area contributed by atoms with Crippen molar-refractivity contribution < 1.29 is 0 Å². The Balaban J connectivity index is 2.72. The van der Waals surface area contributed by atoms with Crippen LogP contribution in [0.25, 0.3) is 0 Å². The topological polar surface area (TPSA) is 61.6 Å². The standard InChI is InChI=1S/C9H8N4/c1-3-7(2)13-9-6-11-8(4-10)5-12-9/h1,5-7H,2H3,(H,12,13). The minimum Gasteiger partial charge on any atom is -0.355 e. The van der Waals surface area contributed by atoms with Crippen LogP contribution in [0.15, 0.2) is 12.4 Å². The average molecular weight is 172 g/mol. The summed E-state index contributed by atoms with van der Waals surface area (Å²) >= 11 is 0. The first kappa shape index (κ1) is 9.02. The van der Waals surface area contributed by atoms with Crippen LogP contribution in [0.5, 0.6) is 0 Å². The van der Waals surface area contributed by atoms with Gasteiger partial charge in [-0.15, -0.1) is 6.42 Å². The van der Waals surface area contributed by atoms with Crippen LogP contribution < -0.4 is 5.32 Å². The van der Waals surface area contributed by atoms with Gasteiger partial charge in [-0.25, -0.2) is 9.97 Å². The van der Waals surface area contributed by atoms with E-state index in [-0.39, 0.29) is 6.04 Å². The SMILES string of the molecule is C#CC(C)Nc1cnc(C#N)cn1. The van der Waals surface area contributed by atoms with Gasteiger partial charge in [0.25, 0.3) is 0 Å². The summed E-state index contributed by atoms with van der Waals surface area (Å²) in [5, 5.41) is 11.4. The molecule has 13 heavy (non-hydrogen) atoms. The molecule has 0 aliphatic rings. The molecule has 0 saturated carbocycles. The van der Waals surface area contributed by atoms with Crippen molar-refractivity contribution in [3.8, 4) is 18.4 Å². The van der Waals surface area contributed by atoms with Crippen molar-refractivity contribution in [3.63, 3.8) is 0 Å². The molecule has 1 unspecified atom stereocenters. The fourth-order valence-electron chi connectivity index (χ4n) is 0.724. The van der Waals surface area contributed by atoms with E-state index in [9.17, 15) is 0 Å². The van der Waals surface area contributed by atoms with Gasteiger partial charge in [0.1, 0.15) is 11.9 Å². The Labute approximate surface area is 76.6 Å². The maximum Gasteiger partial charge on any atom is 0.158 e. The van der Waals surface area contributed by atoms with Gasteiger partial charge < -0.3 is 5.32 Å². The van der Waals surface area contributed by atoms with Gasteiger partial charge in [0, 0.05) is 0 Å². The molecule has 4 heteroatoms. The molecular weight excluding hydrogens is 164 g/mol. The van der Waals surface area contributed by atoms with Gasteiger partial charge in [0.15, 0.2) is 5.69 Å². The van der Waals surface area contributed by atoms with Crippen LogP contribution >= 0.6 is 0 Å². The zero-order valence-electron chi connectivity index (χ0n) is 7.15. The van der Waals surface area contributed by atoms with Crippen molar-refractivity contribution in [1.82, 2.24) is 9.97 Å². The van der Waals surface area contributed by atoms with Crippen molar-refractivity contribution in [2.45, 2.75) is 13.0 Å². The second-order valence-corrected chi connectivity index (χ2v) is 2.43. The second kappa shape index (κ2) is 4.08. The van der Waals surface area contributed by atoms with Crippen molar-refractivity contribution in [2.75, 3.05) is 5.32 Å². The summed E-state index contributed by atoms with van der Waals surface area (Å²) in [5.41, 5.74) is 0.291. The van der Waals surface area contributed by atoms with Gasteiger partial charge in [-0.2, -0.15) is 5.26 Å². The molecule has 1 rings (SSSR count). The molecule has 0 spiro atoms. The first-order valence-corrected chi connectivity index (χ1v) is 3.71. The molecular formula is C9H8N4. The number of nitrogens with zero attached hydrogens (tertiary/aromatic N) is 3. The van der Waals surface area contributed by atoms with Crippen molar-refractivity contribution >= 4 is 5.82 Å². The van der Waals surface area contributed by atoms with Gasteiger partial charge in [-0.1, -0.05) is 5.92 Å². The van der Waals surface area contributed by atoms with Crippen LogP contribution in [-0.2, 0) is 0 Å². The summed E-state index contributed by atoms with van der Waals surface area (Å²) < 4.78 is 0. The number of terminal acetylenes is 1. The molecule has 64 valence electrons. The summed E-state index contributed by atoms with van der Waals surface area (Å²) in [5.74, 6) is 3.07. The third kappa shape index (κ3) is 2.46. The van der Waals surface area contributed by atoms with E-state index in [1.54, 1.807) is 0 Å². The molecule has 0 saturated heterocycles. The van der Waals surface area contributed by atoms with E-state index < -0.39 is 0 Å². The molecule has 1 aromatic rings. The highest BCUT2D eigenvalue weighted by atomic mass is 15.0. The van der Waals surface area contributed by atoms with E-state index in [0.29, 0.717) is 11.5 Å². The van der Waals surface area contributed by atoms with Crippen molar-refractivity contribution in [2.24, 2.45) is 0 Å². The molecule has 0 radical (unpaired) electrons. The zero-order chi connectivity index (χ0) is 9.68. The first-order chi connectivity index (χ1) is 6.26. The number of hydrogen-bond acceptors (Lipinski definition) is 4. The molecule has 1 atom stereocenters. The van der Waals surface area contributed by atoms with Crippen LogP contribution in [0.2, 0.25) is 0 Å². The minimum absolute atomic E-state index is 0.0952. The molecule has 0 aliphatic carbocycles. The molecule has 0 aliphatic heterocycles. The fourth-order valence-corrected chi connectivity index (χ4v) is 0.724. The maximum atomic E-state index is 8.45. The Kier molecular flexibility index (Phi) is 2.83. The molecule has 1 N–H and O–H groups in total. The monoisotopic (exact) mass is 172 g/mol. The van der Waals surface area contributed by atoms with Crippen LogP contribution in [-0.4, -0.2) is 16.0 Å². The lowest BCUT2D eigenvalue weighted by molar-refractivity contribution is 1.00. The Morgan fingerprint density at radius 2 is 2.31 bits per heavy atom. The van der Waals surface area contributed by atoms with Crippen LogP contribution in [0.4, 0.5) is 5.82 Å². The first-order valence-electron chi connectivity index (χ1n) is 3.71. The highest BCUT2D eigenvalue weighted by Crippen LogP contribution is 2.01. The number of anilines is 1. The summed E-state index contributed by atoms with van der Waals surface area (Å²) in [6.07, 6.45) is 8.04. The van der Waals surface area contributed by atoms with E-state index in [1.165, 1.54) is 12.4 Å². The van der Waals surface area contributed by atoms with E-state index in [4.69, 9.17) is 11.7 Å². The molecule has 0 amide bonds. The Hall–Kier alpha value is -2.07. The summed E-state index contributed by atoms with van der Waals surface area (Å²) in [6.45, 7) is 1.83. The van der Waals surface area contributed by atoms with Crippen LogP contribution in [0, 0.1) is 23.7 Å². The summed E-state index contributed by atoms with van der Waals surface area (Å²) in [4.78, 5) is 7.78. The second-order valence-electron chi connectivity index (χ2n) is 2.43. The Morgan fingerprint density at radius 1 is 1.54 bits per heavy atom. The predicted molar refractivity (Wildman–Crippen MR) is 48.7 cm³/mol. The molecule has 0 aromatic carbocycles. The number of rotatable bonds is 2. The highest BCUT2D eigenvalue weighted by Gasteiger charge is 1.98. The lowest BCUT2D eigenvalue weighted by Crippen LogP contribution is -2.13. The lowest BCUT2D eigenvalue weighted by Gasteiger charge is -2.06. The fraction of sp³-hybridized carbons (Fsp3) is 0.222. The third-order valence-electron chi connectivity index (χ3n) is 1.38. The molecule has 1 aromatic heterocycles. The van der Waals surface area contributed by atoms with Gasteiger partial charge in [0.05, 0.1) is 18.4 Å². The lowest BCUT2D eigenvalue weighted by atomic mass is 10.3. The van der Waals surface area contributed by atoms with Crippen LogP contribution in [0.1, 0.15) is 12.6 Å². The normalized spacial score (nSPS) is 11.0. The number of nitriles is 1. The third-order valence-corrected chi connectivity index (χ3v) is 1.38. The Morgan fingerprint density at radius 3 is 2.77 bits per heavy atom. The van der Waals surface area contributed by atoms with Crippen LogP contribution in [0.3, 0.4) is 0 Å². The molecule has 1 heterocycles. The summed E-state index contributed by atoms with van der Waals surface area (Å²) in [7, 11) is 0. The number of hydrogen-bond donors (Lipinski definition) is 1. The van der Waals surface area contributed by atoms with Gasteiger partial charge in [0.2, 0.25) is 0 Å². The largest absolute Gasteiger partial charge is 0.355 e. The van der Waals surface area contributed by atoms with E-state index in [1.807, 2.05) is 13.0 Å². The average Bonchev–Trinajstić information content (AvgIpc) is 2.19. The Bertz CT molecular complexity index is 355. The zero-order valence-corrected chi connectivity index (χ0v) is 7.15. The van der Waals surface area contributed by atoms with E-state index in [0.717, 1.165) is 0 Å². The number of aromatic nitrogens is 2. The summed E-state index contributed by atoms with van der Waals surface area (Å²) in [6, 6.07) is 1.78. The van der Waals surface area contributed by atoms with Crippen molar-refractivity contribution in [1.29, 1.82) is 5.26 Å². The van der Waals surface area contributed by atoms with Gasteiger partial charge >= 0.3 is 0 Å². The predicted octanol–water partition coefficient (Wildman–Crippen LogP) is 0.782. The maximum absolute atomic E-state index is 8.45. The van der Waals surface area contributed by atoms with Gasteiger partial charge in [-0.3, -0.25) is 0 Å². The minimum atomic E-state index is -0.0952. The van der Waals surface area contributed by atoms with Crippen molar-refractivity contribution in [3.05, 3.63) is 18.1 Å². The molecule has 0 fully saturated rings.